The number of benzene rings is 1. The van der Waals surface area contributed by atoms with Crippen molar-refractivity contribution >= 4 is 61.5 Å². The Kier molecular flexibility index (Phi) is 7.20. The number of nitrogens with one attached hydrogen (secondary N) is 1. The number of aromatic nitrogens is 4. The number of rotatable bonds is 7. The van der Waals surface area contributed by atoms with Crippen LogP contribution in [0.2, 0.25) is 5.02 Å². The molecule has 0 aliphatic rings. The van der Waals surface area contributed by atoms with Gasteiger partial charge in [0.2, 0.25) is 20.1 Å². The highest BCUT2D eigenvalue weighted by atomic mass is 35.5. The highest BCUT2D eigenvalue weighted by Gasteiger charge is 2.24. The molecule has 1 N–H and O–H groups in total. The maximum Gasteiger partial charge on any atom is 0.337 e. The summed E-state index contributed by atoms with van der Waals surface area (Å²) in [5.74, 6) is -1.72. The number of ether oxygens (including phenoxy) is 1. The van der Waals surface area contributed by atoms with Crippen LogP contribution in [0.4, 0.5) is 5.13 Å². The number of anilines is 1. The first-order valence-corrected chi connectivity index (χ1v) is 12.4. The van der Waals surface area contributed by atoms with E-state index < -0.39 is 32.6 Å². The van der Waals surface area contributed by atoms with Crippen LogP contribution in [0.5, 0.6) is 0 Å². The van der Waals surface area contributed by atoms with Gasteiger partial charge in [-0.15, -0.1) is 10.2 Å². The molecule has 1 aromatic carbocycles. The van der Waals surface area contributed by atoms with Crippen LogP contribution < -0.4 is 5.32 Å². The number of thioether (sulfide) groups is 1. The van der Waals surface area contributed by atoms with Crippen molar-refractivity contribution in [3.05, 3.63) is 52.3 Å². The SMILES string of the molecule is COC(=O)c1ccc(CS(=O)(=O)c2ncc(Cl)c(C(=O)Nc3nnc(SC)s3)n2)cc1. The Labute approximate surface area is 190 Å². The van der Waals surface area contributed by atoms with Gasteiger partial charge in [0.1, 0.15) is 0 Å². The largest absolute Gasteiger partial charge is 0.465 e. The highest BCUT2D eigenvalue weighted by molar-refractivity contribution is 8.00. The van der Waals surface area contributed by atoms with E-state index in [1.807, 2.05) is 6.26 Å². The quantitative estimate of drug-likeness (QED) is 0.223. The van der Waals surface area contributed by atoms with Crippen molar-refractivity contribution < 1.29 is 22.7 Å². The number of carbonyl (C=O) groups is 2. The average molecular weight is 500 g/mol. The molecule has 162 valence electrons. The second-order valence-corrected chi connectivity index (χ2v) is 10.1. The molecule has 3 aromatic rings. The lowest BCUT2D eigenvalue weighted by atomic mass is 10.1. The zero-order chi connectivity index (χ0) is 22.6. The van der Waals surface area contributed by atoms with Gasteiger partial charge in [-0.3, -0.25) is 10.1 Å². The van der Waals surface area contributed by atoms with E-state index in [2.05, 4.69) is 30.2 Å². The van der Waals surface area contributed by atoms with Crippen LogP contribution >= 0.6 is 34.7 Å². The van der Waals surface area contributed by atoms with Crippen LogP contribution in [-0.4, -0.2) is 53.8 Å². The Morgan fingerprint density at radius 3 is 2.55 bits per heavy atom. The van der Waals surface area contributed by atoms with Crippen molar-refractivity contribution in [3.8, 4) is 0 Å². The molecule has 0 bridgehead atoms. The zero-order valence-corrected chi connectivity index (χ0v) is 19.2. The standard InChI is InChI=1S/C17H14ClN5O5S3/c1-28-14(25)10-5-3-9(4-6-10)8-31(26,27)16-19-7-11(18)12(20-16)13(24)21-15-22-23-17(29-2)30-15/h3-7H,8H2,1-2H3,(H,21,22,24). The van der Waals surface area contributed by atoms with Crippen molar-refractivity contribution in [2.75, 3.05) is 18.7 Å². The molecule has 14 heteroatoms. The number of sulfone groups is 1. The molecule has 0 saturated carbocycles. The van der Waals surface area contributed by atoms with E-state index in [1.54, 1.807) is 0 Å². The summed E-state index contributed by atoms with van der Waals surface area (Å²) in [4.78, 5) is 31.6. The molecule has 0 saturated heterocycles. The maximum atomic E-state index is 12.7. The van der Waals surface area contributed by atoms with Crippen LogP contribution in [0, 0.1) is 0 Å². The maximum absolute atomic E-state index is 12.7. The summed E-state index contributed by atoms with van der Waals surface area (Å²) in [7, 11) is -2.75. The summed E-state index contributed by atoms with van der Waals surface area (Å²) >= 11 is 8.51. The zero-order valence-electron chi connectivity index (χ0n) is 16.0. The number of halogens is 1. The van der Waals surface area contributed by atoms with E-state index >= 15 is 0 Å². The van der Waals surface area contributed by atoms with E-state index in [1.165, 1.54) is 43.1 Å². The molecule has 0 atom stereocenters. The summed E-state index contributed by atoms with van der Waals surface area (Å²) in [5, 5.41) is 9.70. The highest BCUT2D eigenvalue weighted by Crippen LogP contribution is 2.24. The first kappa shape index (κ1) is 23.1. The van der Waals surface area contributed by atoms with Crippen molar-refractivity contribution in [1.29, 1.82) is 0 Å². The number of esters is 1. The molecule has 31 heavy (non-hydrogen) atoms. The number of hydrogen-bond acceptors (Lipinski definition) is 11. The third kappa shape index (κ3) is 5.55. The predicted molar refractivity (Wildman–Crippen MR) is 115 cm³/mol. The minimum absolute atomic E-state index is 0.117. The smallest absolute Gasteiger partial charge is 0.337 e. The van der Waals surface area contributed by atoms with E-state index in [0.717, 1.165) is 17.5 Å². The topological polar surface area (TPSA) is 141 Å². The van der Waals surface area contributed by atoms with Gasteiger partial charge in [-0.2, -0.15) is 0 Å². The molecule has 0 spiro atoms. The van der Waals surface area contributed by atoms with Crippen LogP contribution in [0.3, 0.4) is 0 Å². The minimum Gasteiger partial charge on any atom is -0.465 e. The Bertz CT molecular complexity index is 1230. The van der Waals surface area contributed by atoms with Crippen molar-refractivity contribution in [2.45, 2.75) is 15.2 Å². The number of hydrogen-bond donors (Lipinski definition) is 1. The number of methoxy groups -OCH3 is 1. The second kappa shape index (κ2) is 9.68. The van der Waals surface area contributed by atoms with Gasteiger partial charge in [0.05, 0.1) is 29.6 Å². The molecule has 0 unspecified atom stereocenters. The Morgan fingerprint density at radius 2 is 1.94 bits per heavy atom. The van der Waals surface area contributed by atoms with Gasteiger partial charge in [0, 0.05) is 0 Å². The molecule has 3 rings (SSSR count). The number of nitrogens with zero attached hydrogens (tertiary/aromatic N) is 4. The summed E-state index contributed by atoms with van der Waals surface area (Å²) in [6, 6.07) is 5.85. The van der Waals surface area contributed by atoms with E-state index in [4.69, 9.17) is 11.6 Å². The minimum atomic E-state index is -4.00. The van der Waals surface area contributed by atoms with Gasteiger partial charge >= 0.3 is 5.97 Å². The normalized spacial score (nSPS) is 11.2. The van der Waals surface area contributed by atoms with Crippen LogP contribution in [0.25, 0.3) is 0 Å². The fourth-order valence-corrected chi connectivity index (χ4v) is 4.84. The Balaban J connectivity index is 1.81. The van der Waals surface area contributed by atoms with Crippen LogP contribution in [0.1, 0.15) is 26.4 Å². The van der Waals surface area contributed by atoms with Gasteiger partial charge < -0.3 is 4.74 Å². The lowest BCUT2D eigenvalue weighted by Crippen LogP contribution is -2.18. The average Bonchev–Trinajstić information content (AvgIpc) is 3.21. The Hall–Kier alpha value is -2.61. The van der Waals surface area contributed by atoms with Gasteiger partial charge in [-0.25, -0.2) is 23.2 Å². The van der Waals surface area contributed by atoms with Crippen LogP contribution in [0.15, 0.2) is 40.0 Å². The number of amides is 1. The molecule has 2 aromatic heterocycles. The second-order valence-electron chi connectivity index (χ2n) is 5.83. The molecule has 1 amide bonds. The molecular formula is C17H14ClN5O5S3. The molecule has 0 radical (unpaired) electrons. The van der Waals surface area contributed by atoms with Gasteiger partial charge in [0.15, 0.2) is 10.0 Å². The molecule has 2 heterocycles. The lowest BCUT2D eigenvalue weighted by molar-refractivity contribution is 0.0600. The first-order chi connectivity index (χ1) is 14.7. The lowest BCUT2D eigenvalue weighted by Gasteiger charge is -2.07. The third-order valence-electron chi connectivity index (χ3n) is 3.75. The van der Waals surface area contributed by atoms with E-state index in [9.17, 15) is 18.0 Å². The fourth-order valence-electron chi connectivity index (χ4n) is 2.30. The van der Waals surface area contributed by atoms with E-state index in [-0.39, 0.29) is 21.4 Å². The van der Waals surface area contributed by atoms with Gasteiger partial charge in [-0.05, 0) is 24.0 Å². The summed E-state index contributed by atoms with van der Waals surface area (Å²) in [5.41, 5.74) is 0.375. The fraction of sp³-hybridized carbons (Fsp3) is 0.176. The molecule has 0 fully saturated rings. The molecule has 0 aliphatic heterocycles. The first-order valence-electron chi connectivity index (χ1n) is 8.35. The number of carbonyl (C=O) groups excluding carboxylic acids is 2. The summed E-state index contributed by atoms with van der Waals surface area (Å²) in [6.07, 6.45) is 2.86. The van der Waals surface area contributed by atoms with E-state index in [0.29, 0.717) is 9.90 Å². The Morgan fingerprint density at radius 1 is 1.23 bits per heavy atom. The summed E-state index contributed by atoms with van der Waals surface area (Å²) in [6.45, 7) is 0. The monoisotopic (exact) mass is 499 g/mol. The van der Waals surface area contributed by atoms with Gasteiger partial charge in [-0.1, -0.05) is 46.8 Å². The van der Waals surface area contributed by atoms with Crippen molar-refractivity contribution in [2.24, 2.45) is 0 Å². The summed E-state index contributed by atoms with van der Waals surface area (Å²) < 4.78 is 30.7. The molecule has 0 aliphatic carbocycles. The van der Waals surface area contributed by atoms with Crippen LogP contribution in [-0.2, 0) is 20.3 Å². The molecular weight excluding hydrogens is 486 g/mol. The van der Waals surface area contributed by atoms with Crippen molar-refractivity contribution in [3.63, 3.8) is 0 Å². The molecule has 10 nitrogen and oxygen atoms in total. The van der Waals surface area contributed by atoms with Gasteiger partial charge in [0.25, 0.3) is 5.91 Å². The van der Waals surface area contributed by atoms with Crippen molar-refractivity contribution in [1.82, 2.24) is 20.2 Å². The third-order valence-corrected chi connectivity index (χ3v) is 7.31. The predicted octanol–water partition coefficient (Wildman–Crippen LogP) is 2.72.